The summed E-state index contributed by atoms with van der Waals surface area (Å²) in [6.07, 6.45) is -2.19. The molecule has 1 aromatic carbocycles. The number of rotatable bonds is 4. The van der Waals surface area contributed by atoms with Gasteiger partial charge in [-0.1, -0.05) is 6.07 Å². The highest BCUT2D eigenvalue weighted by molar-refractivity contribution is 6.22. The van der Waals surface area contributed by atoms with Gasteiger partial charge in [-0.25, -0.2) is 0 Å². The van der Waals surface area contributed by atoms with Crippen molar-refractivity contribution in [2.24, 2.45) is 0 Å². The van der Waals surface area contributed by atoms with E-state index < -0.39 is 11.5 Å². The van der Waals surface area contributed by atoms with E-state index in [1.54, 1.807) is 6.07 Å². The van der Waals surface area contributed by atoms with Crippen molar-refractivity contribution in [3.63, 3.8) is 0 Å². The minimum Gasteiger partial charge on any atom is -0.496 e. The lowest BCUT2D eigenvalue weighted by molar-refractivity contribution is -0.0444. The fourth-order valence-corrected chi connectivity index (χ4v) is 1.42. The van der Waals surface area contributed by atoms with E-state index in [4.69, 9.17) is 21.1 Å². The third kappa shape index (κ3) is 2.54. The number of ether oxygens (including phenoxy) is 2. The maximum atomic E-state index is 12.8. The fourth-order valence-electron chi connectivity index (χ4n) is 1.31. The Labute approximate surface area is 96.5 Å². The predicted molar refractivity (Wildman–Crippen MR) is 55.3 cm³/mol. The molecule has 0 bridgehead atoms. The highest BCUT2D eigenvalue weighted by Gasteiger charge is 2.40. The van der Waals surface area contributed by atoms with Crippen LogP contribution in [0.1, 0.15) is 11.7 Å². The minimum atomic E-state index is -3.79. The molecule has 1 rings (SSSR count). The molecule has 3 nitrogen and oxygen atoms in total. The normalized spacial score (nSPS) is 13.4. The summed E-state index contributed by atoms with van der Waals surface area (Å²) in [5.74, 6) is 0.180. The zero-order valence-electron chi connectivity index (χ0n) is 8.71. The van der Waals surface area contributed by atoms with Crippen LogP contribution in [0.4, 0.5) is 8.78 Å². The standard InChI is InChI=1S/C10H11ClF2O3/c1-15-6-4-3-5-7(16-2)8(6)9(14)10(11,12)13/h3-5,9,14H,1-2H3. The van der Waals surface area contributed by atoms with Crippen molar-refractivity contribution in [1.29, 1.82) is 0 Å². The number of aliphatic hydroxyl groups excluding tert-OH is 1. The number of alkyl halides is 3. The molecule has 0 radical (unpaired) electrons. The van der Waals surface area contributed by atoms with E-state index >= 15 is 0 Å². The van der Waals surface area contributed by atoms with Crippen LogP contribution in [0.25, 0.3) is 0 Å². The van der Waals surface area contributed by atoms with Gasteiger partial charge < -0.3 is 14.6 Å². The van der Waals surface area contributed by atoms with Crippen molar-refractivity contribution in [1.82, 2.24) is 0 Å². The molecule has 0 fully saturated rings. The third-order valence-corrected chi connectivity index (χ3v) is 2.26. The van der Waals surface area contributed by atoms with Gasteiger partial charge in [0.15, 0.2) is 6.10 Å². The molecule has 0 aliphatic carbocycles. The first kappa shape index (κ1) is 13.0. The summed E-state index contributed by atoms with van der Waals surface area (Å²) in [5, 5.41) is 5.65. The molecule has 6 heteroatoms. The second-order valence-corrected chi connectivity index (χ2v) is 3.52. The Bertz CT molecular complexity index is 343. The van der Waals surface area contributed by atoms with Crippen LogP contribution in [0.5, 0.6) is 11.5 Å². The van der Waals surface area contributed by atoms with Crippen molar-refractivity contribution in [2.45, 2.75) is 11.5 Å². The van der Waals surface area contributed by atoms with Gasteiger partial charge in [0.05, 0.1) is 19.8 Å². The van der Waals surface area contributed by atoms with Crippen LogP contribution in [0.2, 0.25) is 0 Å². The SMILES string of the molecule is COc1cccc(OC)c1C(O)C(F)(F)Cl. The van der Waals surface area contributed by atoms with E-state index in [9.17, 15) is 13.9 Å². The monoisotopic (exact) mass is 252 g/mol. The van der Waals surface area contributed by atoms with Gasteiger partial charge in [0.2, 0.25) is 0 Å². The summed E-state index contributed by atoms with van der Waals surface area (Å²) >= 11 is 4.78. The summed E-state index contributed by atoms with van der Waals surface area (Å²) in [7, 11) is 2.61. The zero-order valence-corrected chi connectivity index (χ0v) is 9.46. The molecule has 0 aliphatic heterocycles. The Hall–Kier alpha value is -1.07. The lowest BCUT2D eigenvalue weighted by Crippen LogP contribution is -2.20. The third-order valence-electron chi connectivity index (χ3n) is 2.05. The van der Waals surface area contributed by atoms with Crippen LogP contribution in [0, 0.1) is 0 Å². The van der Waals surface area contributed by atoms with Gasteiger partial charge in [0.1, 0.15) is 11.5 Å². The van der Waals surface area contributed by atoms with Crippen LogP contribution in [0.15, 0.2) is 18.2 Å². The molecule has 1 atom stereocenters. The van der Waals surface area contributed by atoms with Crippen LogP contribution in [0.3, 0.4) is 0 Å². The molecule has 0 saturated carbocycles. The van der Waals surface area contributed by atoms with Crippen LogP contribution < -0.4 is 9.47 Å². The first-order valence-corrected chi connectivity index (χ1v) is 4.75. The van der Waals surface area contributed by atoms with Crippen LogP contribution >= 0.6 is 11.6 Å². The van der Waals surface area contributed by atoms with E-state index in [1.807, 2.05) is 0 Å². The van der Waals surface area contributed by atoms with Gasteiger partial charge >= 0.3 is 5.38 Å². The summed E-state index contributed by atoms with van der Waals surface area (Å²) in [4.78, 5) is 0. The second-order valence-electron chi connectivity index (χ2n) is 3.02. The average molecular weight is 253 g/mol. The molecule has 0 aliphatic rings. The molecular formula is C10H11ClF2O3. The molecule has 1 aromatic rings. The van der Waals surface area contributed by atoms with Gasteiger partial charge in [0, 0.05) is 0 Å². The first-order valence-electron chi connectivity index (χ1n) is 4.37. The molecule has 0 amide bonds. The van der Waals surface area contributed by atoms with Crippen molar-refractivity contribution in [3.8, 4) is 11.5 Å². The molecule has 1 unspecified atom stereocenters. The topological polar surface area (TPSA) is 38.7 Å². The fraction of sp³-hybridized carbons (Fsp3) is 0.400. The molecule has 0 saturated heterocycles. The molecule has 0 spiro atoms. The molecule has 1 N–H and O–H groups in total. The van der Waals surface area contributed by atoms with E-state index in [0.717, 1.165) is 0 Å². The Morgan fingerprint density at radius 1 is 1.25 bits per heavy atom. The number of methoxy groups -OCH3 is 2. The largest absolute Gasteiger partial charge is 0.496 e. The first-order chi connectivity index (χ1) is 7.41. The molecule has 90 valence electrons. The Balaban J connectivity index is 3.28. The van der Waals surface area contributed by atoms with E-state index in [2.05, 4.69) is 0 Å². The van der Waals surface area contributed by atoms with Crippen molar-refractivity contribution < 1.29 is 23.4 Å². The molecule has 0 heterocycles. The molecule has 16 heavy (non-hydrogen) atoms. The lowest BCUT2D eigenvalue weighted by Gasteiger charge is -2.20. The van der Waals surface area contributed by atoms with Gasteiger partial charge in [-0.2, -0.15) is 8.78 Å². The number of aliphatic hydroxyl groups is 1. The minimum absolute atomic E-state index is 0.0900. The molecule has 0 aromatic heterocycles. The van der Waals surface area contributed by atoms with E-state index in [-0.39, 0.29) is 17.1 Å². The molecular weight excluding hydrogens is 242 g/mol. The van der Waals surface area contributed by atoms with Crippen molar-refractivity contribution in [3.05, 3.63) is 23.8 Å². The number of halogens is 3. The number of hydrogen-bond donors (Lipinski definition) is 1. The smallest absolute Gasteiger partial charge is 0.351 e. The maximum absolute atomic E-state index is 12.8. The average Bonchev–Trinajstić information content (AvgIpc) is 2.25. The Morgan fingerprint density at radius 3 is 2.00 bits per heavy atom. The number of hydrogen-bond acceptors (Lipinski definition) is 3. The predicted octanol–water partition coefficient (Wildman–Crippen LogP) is 2.57. The van der Waals surface area contributed by atoms with Gasteiger partial charge in [0.25, 0.3) is 0 Å². The number of benzene rings is 1. The Morgan fingerprint density at radius 2 is 1.69 bits per heavy atom. The van der Waals surface area contributed by atoms with Crippen molar-refractivity contribution in [2.75, 3.05) is 14.2 Å². The van der Waals surface area contributed by atoms with Gasteiger partial charge in [-0.3, -0.25) is 0 Å². The van der Waals surface area contributed by atoms with Crippen LogP contribution in [-0.4, -0.2) is 24.7 Å². The van der Waals surface area contributed by atoms with Gasteiger partial charge in [-0.05, 0) is 23.7 Å². The lowest BCUT2D eigenvalue weighted by atomic mass is 10.1. The summed E-state index contributed by atoms with van der Waals surface area (Å²) in [5.41, 5.74) is -0.174. The second kappa shape index (κ2) is 4.84. The van der Waals surface area contributed by atoms with E-state index in [1.165, 1.54) is 26.4 Å². The quantitative estimate of drug-likeness (QED) is 0.837. The highest BCUT2D eigenvalue weighted by Crippen LogP contribution is 2.43. The maximum Gasteiger partial charge on any atom is 0.351 e. The summed E-state index contributed by atoms with van der Waals surface area (Å²) in [6.45, 7) is 0. The summed E-state index contributed by atoms with van der Waals surface area (Å²) in [6, 6.07) is 4.42. The summed E-state index contributed by atoms with van der Waals surface area (Å²) < 4.78 is 35.4. The zero-order chi connectivity index (χ0) is 12.3. The van der Waals surface area contributed by atoms with Crippen molar-refractivity contribution >= 4 is 11.6 Å². The van der Waals surface area contributed by atoms with Gasteiger partial charge in [-0.15, -0.1) is 0 Å². The van der Waals surface area contributed by atoms with Crippen LogP contribution in [-0.2, 0) is 0 Å². The van der Waals surface area contributed by atoms with E-state index in [0.29, 0.717) is 0 Å². The highest BCUT2D eigenvalue weighted by atomic mass is 35.5. The Kier molecular flexibility index (Phi) is 3.93.